The van der Waals surface area contributed by atoms with Gasteiger partial charge in [0.05, 0.1) is 6.10 Å². The molecule has 0 aliphatic rings. The second kappa shape index (κ2) is 9.78. The number of rotatable bonds is 4. The molecule has 0 aliphatic heterocycles. The van der Waals surface area contributed by atoms with Gasteiger partial charge in [0.2, 0.25) is 0 Å². The van der Waals surface area contributed by atoms with Gasteiger partial charge in [-0.3, -0.25) is 0 Å². The molecule has 2 aromatic carbocycles. The molecule has 1 unspecified atom stereocenters. The van der Waals surface area contributed by atoms with E-state index in [1.165, 1.54) is 8.79 Å². The van der Waals surface area contributed by atoms with Crippen LogP contribution in [-0.2, 0) is 0 Å². The van der Waals surface area contributed by atoms with Gasteiger partial charge in [-0.2, -0.15) is 0 Å². The average molecular weight is 317 g/mol. The topological polar surface area (TPSA) is 40.5 Å². The van der Waals surface area contributed by atoms with Gasteiger partial charge in [-0.05, 0) is 13.3 Å². The molecular weight excluding hydrogens is 297 g/mol. The van der Waals surface area contributed by atoms with E-state index < -0.39 is 0 Å². The summed E-state index contributed by atoms with van der Waals surface area (Å²) in [6.45, 7) is 1.73. The van der Waals surface area contributed by atoms with E-state index >= 15 is 0 Å². The van der Waals surface area contributed by atoms with Crippen molar-refractivity contribution in [1.82, 2.24) is 0 Å². The molecule has 0 fully saturated rings. The molecule has 19 heavy (non-hydrogen) atoms. The first-order valence-electron chi connectivity index (χ1n) is 6.38. The predicted molar refractivity (Wildman–Crippen MR) is 81.3 cm³/mol. The van der Waals surface area contributed by atoms with Crippen molar-refractivity contribution in [2.24, 2.45) is 0 Å². The zero-order valence-electron chi connectivity index (χ0n) is 11.2. The van der Waals surface area contributed by atoms with Gasteiger partial charge < -0.3 is 10.2 Å². The van der Waals surface area contributed by atoms with Gasteiger partial charge in [0.15, 0.2) is 0 Å². The Balaban J connectivity index is 0.000000258. The van der Waals surface area contributed by atoms with Gasteiger partial charge in [0, 0.05) is 6.61 Å². The van der Waals surface area contributed by atoms with Crippen molar-refractivity contribution < 1.29 is 10.2 Å². The van der Waals surface area contributed by atoms with Crippen molar-refractivity contribution in [3.63, 3.8) is 0 Å². The van der Waals surface area contributed by atoms with E-state index in [0.717, 1.165) is 0 Å². The van der Waals surface area contributed by atoms with Crippen molar-refractivity contribution in [2.45, 2.75) is 19.4 Å². The third kappa shape index (κ3) is 7.83. The first-order valence-corrected chi connectivity index (χ1v) is 8.48. The zero-order valence-corrected chi connectivity index (χ0v) is 13.3. The second-order valence-electron chi connectivity index (χ2n) is 4.22. The molecule has 1 atom stereocenters. The molecule has 0 heterocycles. The molecule has 0 saturated carbocycles. The molecule has 0 aromatic heterocycles. The van der Waals surface area contributed by atoms with E-state index in [4.69, 9.17) is 10.2 Å². The molecule has 2 radical (unpaired) electrons. The number of hydrogen-bond acceptors (Lipinski definition) is 2. The van der Waals surface area contributed by atoms with E-state index in [-0.39, 0.29) is 28.1 Å². The standard InChI is InChI=1S/C12H10Ge.C4H10O2/c1-3-7-11(8-4-1)13-12-9-5-2-6-10-12;1-4(6)2-3-5/h1-10H;4-6H,2-3H2,1H3. The maximum absolute atomic E-state index is 8.39. The fourth-order valence-corrected chi connectivity index (χ4v) is 3.60. The molecule has 0 aliphatic carbocycles. The van der Waals surface area contributed by atoms with Crippen LogP contribution in [0.5, 0.6) is 0 Å². The molecule has 2 nitrogen and oxygen atoms in total. The van der Waals surface area contributed by atoms with Crippen LogP contribution in [0, 0.1) is 0 Å². The van der Waals surface area contributed by atoms with Gasteiger partial charge in [0.25, 0.3) is 0 Å². The van der Waals surface area contributed by atoms with Crippen molar-refractivity contribution in [3.8, 4) is 0 Å². The monoisotopic (exact) mass is 318 g/mol. The van der Waals surface area contributed by atoms with Crippen LogP contribution in [0.2, 0.25) is 0 Å². The van der Waals surface area contributed by atoms with Crippen LogP contribution in [0.25, 0.3) is 0 Å². The summed E-state index contributed by atoms with van der Waals surface area (Å²) in [4.78, 5) is 0. The first-order chi connectivity index (χ1) is 9.22. The Morgan fingerprint density at radius 1 is 0.895 bits per heavy atom. The van der Waals surface area contributed by atoms with Gasteiger partial charge in [0.1, 0.15) is 0 Å². The Labute approximate surface area is 121 Å². The number of aliphatic hydroxyl groups excluding tert-OH is 2. The third-order valence-corrected chi connectivity index (χ3v) is 4.99. The fourth-order valence-electron chi connectivity index (χ4n) is 1.40. The zero-order chi connectivity index (χ0) is 13.9. The predicted octanol–water partition coefficient (Wildman–Crippen LogP) is 1.09. The van der Waals surface area contributed by atoms with Gasteiger partial charge in [-0.1, -0.05) is 0 Å². The van der Waals surface area contributed by atoms with Crippen LogP contribution in [-0.4, -0.2) is 38.4 Å². The van der Waals surface area contributed by atoms with Crippen molar-refractivity contribution >= 4 is 24.2 Å². The number of benzene rings is 2. The second-order valence-corrected chi connectivity index (χ2v) is 7.17. The number of aliphatic hydroxyl groups is 2. The van der Waals surface area contributed by atoms with Gasteiger partial charge in [-0.25, -0.2) is 0 Å². The molecule has 2 aromatic rings. The quantitative estimate of drug-likeness (QED) is 0.829. The summed E-state index contributed by atoms with van der Waals surface area (Å²) in [6.07, 6.45) is 0.134. The Bertz CT molecular complexity index is 392. The van der Waals surface area contributed by atoms with Gasteiger partial charge in [-0.15, -0.1) is 0 Å². The van der Waals surface area contributed by atoms with Crippen LogP contribution in [0.1, 0.15) is 13.3 Å². The van der Waals surface area contributed by atoms with Crippen molar-refractivity contribution in [1.29, 1.82) is 0 Å². The minimum absolute atomic E-state index is 0.0810. The Morgan fingerprint density at radius 3 is 1.58 bits per heavy atom. The van der Waals surface area contributed by atoms with Gasteiger partial charge >= 0.3 is 84.9 Å². The molecular formula is C16H20GeO2. The van der Waals surface area contributed by atoms with Crippen molar-refractivity contribution in [2.75, 3.05) is 6.61 Å². The molecule has 0 spiro atoms. The summed E-state index contributed by atoms with van der Waals surface area (Å²) in [5.41, 5.74) is 0. The Hall–Kier alpha value is -1.10. The van der Waals surface area contributed by atoms with Crippen molar-refractivity contribution in [3.05, 3.63) is 60.7 Å². The van der Waals surface area contributed by atoms with E-state index in [2.05, 4.69) is 60.7 Å². The summed E-state index contributed by atoms with van der Waals surface area (Å²) in [7, 11) is 0. The molecule has 100 valence electrons. The summed E-state index contributed by atoms with van der Waals surface area (Å²) < 4.78 is 2.99. The minimum atomic E-state index is -0.352. The van der Waals surface area contributed by atoms with E-state index in [0.29, 0.717) is 6.42 Å². The van der Waals surface area contributed by atoms with E-state index in [1.54, 1.807) is 6.92 Å². The normalized spacial score (nSPS) is 11.3. The summed E-state index contributed by atoms with van der Waals surface area (Å²) >= 11 is -0.108. The molecule has 0 saturated heterocycles. The average Bonchev–Trinajstić information content (AvgIpc) is 2.41. The maximum atomic E-state index is 8.39. The number of hydrogen-bond donors (Lipinski definition) is 2. The first kappa shape index (κ1) is 16.0. The van der Waals surface area contributed by atoms with Crippen LogP contribution in [0.4, 0.5) is 0 Å². The molecule has 3 heteroatoms. The molecule has 2 rings (SSSR count). The van der Waals surface area contributed by atoms with Crippen LogP contribution < -0.4 is 8.79 Å². The van der Waals surface area contributed by atoms with E-state index in [1.807, 2.05) is 0 Å². The fraction of sp³-hybridized carbons (Fsp3) is 0.250. The summed E-state index contributed by atoms with van der Waals surface area (Å²) in [5.74, 6) is 0. The Morgan fingerprint density at radius 2 is 1.32 bits per heavy atom. The SMILES string of the molecule is CC(O)CCO.c1cc[c]([Ge][c]2ccccc2)cc1. The Kier molecular flexibility index (Phi) is 8.22. The molecule has 0 bridgehead atoms. The van der Waals surface area contributed by atoms with Crippen LogP contribution in [0.15, 0.2) is 60.7 Å². The van der Waals surface area contributed by atoms with Crippen LogP contribution >= 0.6 is 0 Å². The third-order valence-electron chi connectivity index (χ3n) is 2.38. The summed E-state index contributed by atoms with van der Waals surface area (Å²) in [5, 5.41) is 16.5. The van der Waals surface area contributed by atoms with Crippen LogP contribution in [0.3, 0.4) is 0 Å². The molecule has 2 N–H and O–H groups in total. The summed E-state index contributed by atoms with van der Waals surface area (Å²) in [6, 6.07) is 21.5. The van der Waals surface area contributed by atoms with E-state index in [9.17, 15) is 0 Å². The molecule has 0 amide bonds.